The highest BCUT2D eigenvalue weighted by atomic mass is 32.2. The van der Waals surface area contributed by atoms with Gasteiger partial charge in [-0.25, -0.2) is 4.98 Å². The maximum Gasteiger partial charge on any atom is 0.230 e. The van der Waals surface area contributed by atoms with Gasteiger partial charge in [0.2, 0.25) is 11.0 Å². The van der Waals surface area contributed by atoms with Crippen molar-refractivity contribution in [2.75, 3.05) is 10.2 Å². The van der Waals surface area contributed by atoms with Crippen molar-refractivity contribution in [1.82, 2.24) is 15.2 Å². The molecule has 9 heteroatoms. The molecule has 158 valence electrons. The van der Waals surface area contributed by atoms with Gasteiger partial charge in [-0.2, -0.15) is 0 Å². The zero-order valence-corrected chi connectivity index (χ0v) is 19.6. The number of hydrogen-bond acceptors (Lipinski definition) is 8. The van der Waals surface area contributed by atoms with Gasteiger partial charge in [0.05, 0.1) is 11.4 Å². The van der Waals surface area contributed by atoms with Crippen LogP contribution in [0, 0.1) is 0 Å². The molecule has 2 heterocycles. The Labute approximate surface area is 193 Å². The maximum atomic E-state index is 12.3. The Morgan fingerprint density at radius 2 is 1.87 bits per heavy atom. The highest BCUT2D eigenvalue weighted by Crippen LogP contribution is 2.33. The van der Waals surface area contributed by atoms with Crippen LogP contribution in [0.15, 0.2) is 64.3 Å². The average molecular weight is 468 g/mol. The number of amides is 1. The van der Waals surface area contributed by atoms with Crippen molar-refractivity contribution in [2.24, 2.45) is 0 Å². The Hall–Kier alpha value is -2.75. The van der Waals surface area contributed by atoms with E-state index in [2.05, 4.69) is 27.4 Å². The Morgan fingerprint density at radius 1 is 1.10 bits per heavy atom. The molecular weight excluding hydrogens is 446 g/mol. The van der Waals surface area contributed by atoms with Gasteiger partial charge in [-0.05, 0) is 36.2 Å². The summed E-state index contributed by atoms with van der Waals surface area (Å²) < 4.78 is 0.867. The first kappa shape index (κ1) is 21.5. The van der Waals surface area contributed by atoms with E-state index in [1.807, 2.05) is 60.0 Å². The van der Waals surface area contributed by atoms with Gasteiger partial charge >= 0.3 is 0 Å². The van der Waals surface area contributed by atoms with Crippen molar-refractivity contribution in [2.45, 2.75) is 30.4 Å². The molecular formula is C22H21N5OS3. The third kappa shape index (κ3) is 5.49. The van der Waals surface area contributed by atoms with Crippen LogP contribution in [0.3, 0.4) is 0 Å². The number of thioether (sulfide) groups is 1. The van der Waals surface area contributed by atoms with Crippen LogP contribution >= 0.6 is 34.4 Å². The summed E-state index contributed by atoms with van der Waals surface area (Å²) in [6.07, 6.45) is 0.965. The number of nitrogens with zero attached hydrogens (tertiary/aromatic N) is 4. The fourth-order valence-electron chi connectivity index (χ4n) is 2.87. The molecule has 4 rings (SSSR count). The molecule has 1 N–H and O–H groups in total. The fourth-order valence-corrected chi connectivity index (χ4v) is 5.53. The molecule has 0 unspecified atom stereocenters. The Balaban J connectivity index is 1.40. The first-order valence-electron chi connectivity index (χ1n) is 9.75. The number of para-hydroxylation sites is 1. The van der Waals surface area contributed by atoms with Crippen LogP contribution in [0.5, 0.6) is 0 Å². The average Bonchev–Trinajstić information content (AvgIpc) is 3.43. The molecule has 4 aromatic rings. The first-order valence-corrected chi connectivity index (χ1v) is 12.4. The summed E-state index contributed by atoms with van der Waals surface area (Å²) in [6.45, 7) is 3.67. The summed E-state index contributed by atoms with van der Waals surface area (Å²) in [7, 11) is 0. The number of benzene rings is 2. The Bertz CT molecular complexity index is 1140. The predicted molar refractivity (Wildman–Crippen MR) is 130 cm³/mol. The van der Waals surface area contributed by atoms with Crippen LogP contribution in [-0.4, -0.2) is 21.1 Å². The van der Waals surface area contributed by atoms with Gasteiger partial charge in [-0.1, -0.05) is 60.4 Å². The molecule has 0 saturated carbocycles. The molecule has 31 heavy (non-hydrogen) atoms. The lowest BCUT2D eigenvalue weighted by Gasteiger charge is -2.18. The third-order valence-electron chi connectivity index (χ3n) is 4.42. The van der Waals surface area contributed by atoms with Gasteiger partial charge in [0.1, 0.15) is 0 Å². The fraction of sp³-hybridized carbons (Fsp3) is 0.182. The minimum Gasteiger partial charge on any atom is -0.330 e. The van der Waals surface area contributed by atoms with E-state index in [1.165, 1.54) is 28.2 Å². The summed E-state index contributed by atoms with van der Waals surface area (Å²) >= 11 is 4.56. The van der Waals surface area contributed by atoms with Gasteiger partial charge in [0.25, 0.3) is 0 Å². The molecule has 0 aliphatic carbocycles. The zero-order valence-electron chi connectivity index (χ0n) is 17.1. The van der Waals surface area contributed by atoms with Crippen molar-refractivity contribution >= 4 is 62.0 Å². The quantitative estimate of drug-likeness (QED) is 0.308. The number of hydrogen-bond donors (Lipinski definition) is 1. The normalized spacial score (nSPS) is 10.8. The van der Waals surface area contributed by atoms with E-state index < -0.39 is 0 Å². The SMILES string of the molecule is CCc1ccc(N(C(C)=O)c2nc(CSc3nnc(Nc4ccccc4)s3)cs2)cc1. The summed E-state index contributed by atoms with van der Waals surface area (Å²) in [5.41, 5.74) is 3.96. The lowest BCUT2D eigenvalue weighted by Crippen LogP contribution is -2.22. The first-order chi connectivity index (χ1) is 15.1. The summed E-state index contributed by atoms with van der Waals surface area (Å²) in [6, 6.07) is 17.9. The molecule has 0 saturated heterocycles. The molecule has 0 atom stereocenters. The number of rotatable bonds is 8. The van der Waals surface area contributed by atoms with Crippen molar-refractivity contribution in [3.63, 3.8) is 0 Å². The van der Waals surface area contributed by atoms with Crippen LogP contribution in [0.4, 0.5) is 21.6 Å². The zero-order chi connectivity index (χ0) is 21.6. The summed E-state index contributed by atoms with van der Waals surface area (Å²) in [4.78, 5) is 18.6. The molecule has 0 spiro atoms. The second-order valence-corrected chi connectivity index (χ2v) is 9.69. The minimum atomic E-state index is -0.0569. The third-order valence-corrected chi connectivity index (χ3v) is 7.30. The number of aryl methyl sites for hydroxylation is 1. The van der Waals surface area contributed by atoms with Crippen LogP contribution < -0.4 is 10.2 Å². The molecule has 0 fully saturated rings. The maximum absolute atomic E-state index is 12.3. The molecule has 2 aromatic heterocycles. The number of thiazole rings is 1. The Morgan fingerprint density at radius 3 is 2.58 bits per heavy atom. The lowest BCUT2D eigenvalue weighted by atomic mass is 10.1. The van der Waals surface area contributed by atoms with Crippen molar-refractivity contribution in [1.29, 1.82) is 0 Å². The Kier molecular flexibility index (Phi) is 6.96. The predicted octanol–water partition coefficient (Wildman–Crippen LogP) is 6.28. The molecule has 0 aliphatic heterocycles. The molecule has 1 amide bonds. The number of carbonyl (C=O) groups excluding carboxylic acids is 1. The van der Waals surface area contributed by atoms with E-state index in [0.717, 1.165) is 33.0 Å². The topological polar surface area (TPSA) is 71.0 Å². The van der Waals surface area contributed by atoms with Gasteiger partial charge < -0.3 is 5.32 Å². The smallest absolute Gasteiger partial charge is 0.230 e. The molecule has 6 nitrogen and oxygen atoms in total. The van der Waals surface area contributed by atoms with E-state index in [4.69, 9.17) is 0 Å². The molecule has 0 bridgehead atoms. The van der Waals surface area contributed by atoms with Gasteiger partial charge in [-0.3, -0.25) is 9.69 Å². The van der Waals surface area contributed by atoms with E-state index in [1.54, 1.807) is 23.6 Å². The monoisotopic (exact) mass is 467 g/mol. The van der Waals surface area contributed by atoms with Crippen LogP contribution in [0.25, 0.3) is 0 Å². The van der Waals surface area contributed by atoms with Gasteiger partial charge in [-0.15, -0.1) is 21.5 Å². The molecule has 0 radical (unpaired) electrons. The summed E-state index contributed by atoms with van der Waals surface area (Å²) in [5, 5.41) is 15.1. The van der Waals surface area contributed by atoms with E-state index in [0.29, 0.717) is 10.9 Å². The van der Waals surface area contributed by atoms with Crippen LogP contribution in [0.1, 0.15) is 25.1 Å². The largest absolute Gasteiger partial charge is 0.330 e. The van der Waals surface area contributed by atoms with E-state index in [-0.39, 0.29) is 5.91 Å². The second-order valence-electron chi connectivity index (χ2n) is 6.65. The van der Waals surface area contributed by atoms with Crippen LogP contribution in [-0.2, 0) is 17.0 Å². The van der Waals surface area contributed by atoms with E-state index >= 15 is 0 Å². The highest BCUT2D eigenvalue weighted by molar-refractivity contribution is 8.00. The second kappa shape index (κ2) is 10.0. The van der Waals surface area contributed by atoms with Crippen molar-refractivity contribution in [3.05, 3.63) is 71.2 Å². The molecule has 0 aliphatic rings. The standard InChI is InChI=1S/C22H21N5OS3/c1-3-16-9-11-19(12-10-16)27(15(2)28)21-24-18(13-29-21)14-30-22-26-25-20(31-22)23-17-7-5-4-6-8-17/h4-13H,3,14H2,1-2H3,(H,23,25). The van der Waals surface area contributed by atoms with Crippen molar-refractivity contribution in [3.8, 4) is 0 Å². The highest BCUT2D eigenvalue weighted by Gasteiger charge is 2.18. The lowest BCUT2D eigenvalue weighted by molar-refractivity contribution is -0.115. The van der Waals surface area contributed by atoms with E-state index in [9.17, 15) is 4.79 Å². The number of carbonyl (C=O) groups is 1. The number of anilines is 4. The van der Waals surface area contributed by atoms with Crippen molar-refractivity contribution < 1.29 is 4.79 Å². The number of aromatic nitrogens is 3. The van der Waals surface area contributed by atoms with Crippen LogP contribution in [0.2, 0.25) is 0 Å². The van der Waals surface area contributed by atoms with Gasteiger partial charge in [0.15, 0.2) is 9.47 Å². The summed E-state index contributed by atoms with van der Waals surface area (Å²) in [5.74, 6) is 0.607. The number of nitrogens with one attached hydrogen (secondary N) is 1. The molecule has 2 aromatic carbocycles. The van der Waals surface area contributed by atoms with Gasteiger partial charge in [0, 0.05) is 23.7 Å². The minimum absolute atomic E-state index is 0.0569.